The van der Waals surface area contributed by atoms with Gasteiger partial charge in [0.2, 0.25) is 0 Å². The van der Waals surface area contributed by atoms with Crippen LogP contribution in [0.2, 0.25) is 0 Å². The molecule has 0 bridgehead atoms. The smallest absolute Gasteiger partial charge is 0.311 e. The van der Waals surface area contributed by atoms with E-state index < -0.39 is 4.92 Å². The van der Waals surface area contributed by atoms with Gasteiger partial charge in [-0.2, -0.15) is 0 Å². The molecule has 0 aliphatic rings. The second kappa shape index (κ2) is 7.24. The molecule has 0 fully saturated rings. The van der Waals surface area contributed by atoms with Gasteiger partial charge in [-0.25, -0.2) is 0 Å². The normalized spacial score (nSPS) is 12.2. The van der Waals surface area contributed by atoms with Crippen LogP contribution >= 0.6 is 15.9 Å². The van der Waals surface area contributed by atoms with Gasteiger partial charge < -0.3 is 14.8 Å². The Morgan fingerprint density at radius 3 is 2.83 bits per heavy atom. The SMILES string of the molecule is COCC(CNc1c(Br)cncc1[N+](=O)[O-])OC. The van der Waals surface area contributed by atoms with Gasteiger partial charge in [0.15, 0.2) is 0 Å². The highest BCUT2D eigenvalue weighted by molar-refractivity contribution is 9.10. The molecule has 8 heteroatoms. The summed E-state index contributed by atoms with van der Waals surface area (Å²) in [5.41, 5.74) is 0.296. The number of aromatic nitrogens is 1. The molecule has 0 saturated carbocycles. The minimum absolute atomic E-state index is 0.0864. The Labute approximate surface area is 113 Å². The van der Waals surface area contributed by atoms with Crippen LogP contribution in [0.15, 0.2) is 16.9 Å². The number of methoxy groups -OCH3 is 2. The van der Waals surface area contributed by atoms with Crippen LogP contribution in [0.25, 0.3) is 0 Å². The molecule has 100 valence electrons. The summed E-state index contributed by atoms with van der Waals surface area (Å²) in [6.07, 6.45) is 2.51. The minimum Gasteiger partial charge on any atom is -0.382 e. The third kappa shape index (κ3) is 3.90. The van der Waals surface area contributed by atoms with Crippen LogP contribution in [0.5, 0.6) is 0 Å². The number of nitro groups is 1. The molecule has 0 aliphatic carbocycles. The standard InChI is InChI=1S/C10H14BrN3O4/c1-17-6-7(18-2)3-13-10-8(11)4-12-5-9(10)14(15)16/h4-5,7H,3,6H2,1-2H3,(H,12,13). The largest absolute Gasteiger partial charge is 0.382 e. The lowest BCUT2D eigenvalue weighted by molar-refractivity contribution is -0.384. The van der Waals surface area contributed by atoms with E-state index in [0.29, 0.717) is 23.3 Å². The highest BCUT2D eigenvalue weighted by Gasteiger charge is 2.18. The first-order valence-electron chi connectivity index (χ1n) is 5.13. The molecule has 1 unspecified atom stereocenters. The zero-order valence-corrected chi connectivity index (χ0v) is 11.6. The highest BCUT2D eigenvalue weighted by atomic mass is 79.9. The molecule has 18 heavy (non-hydrogen) atoms. The third-order valence-corrected chi connectivity index (χ3v) is 2.87. The van der Waals surface area contributed by atoms with Gasteiger partial charge in [-0.3, -0.25) is 15.1 Å². The average Bonchev–Trinajstić information content (AvgIpc) is 2.35. The molecule has 1 heterocycles. The van der Waals surface area contributed by atoms with Gasteiger partial charge in [-0.15, -0.1) is 0 Å². The molecule has 0 aliphatic heterocycles. The van der Waals surface area contributed by atoms with Crippen molar-refractivity contribution < 1.29 is 14.4 Å². The number of nitrogens with zero attached hydrogens (tertiary/aromatic N) is 2. The van der Waals surface area contributed by atoms with Crippen molar-refractivity contribution >= 4 is 27.3 Å². The number of pyridine rings is 1. The van der Waals surface area contributed by atoms with E-state index in [4.69, 9.17) is 9.47 Å². The van der Waals surface area contributed by atoms with Gasteiger partial charge in [0, 0.05) is 27.0 Å². The number of nitrogens with one attached hydrogen (secondary N) is 1. The average molecular weight is 320 g/mol. The van der Waals surface area contributed by atoms with Crippen molar-refractivity contribution in [3.05, 3.63) is 27.0 Å². The molecule has 0 saturated heterocycles. The monoisotopic (exact) mass is 319 g/mol. The highest BCUT2D eigenvalue weighted by Crippen LogP contribution is 2.30. The van der Waals surface area contributed by atoms with Gasteiger partial charge in [-0.05, 0) is 15.9 Å². The summed E-state index contributed by atoms with van der Waals surface area (Å²) < 4.78 is 10.7. The Bertz CT molecular complexity index is 416. The minimum atomic E-state index is -0.488. The topological polar surface area (TPSA) is 86.5 Å². The van der Waals surface area contributed by atoms with E-state index >= 15 is 0 Å². The predicted molar refractivity (Wildman–Crippen MR) is 69.8 cm³/mol. The van der Waals surface area contributed by atoms with Crippen molar-refractivity contribution in [1.29, 1.82) is 0 Å². The van der Waals surface area contributed by atoms with Gasteiger partial charge in [0.05, 0.1) is 22.1 Å². The second-order valence-corrected chi connectivity index (χ2v) is 4.32. The maximum absolute atomic E-state index is 10.9. The molecular formula is C10H14BrN3O4. The maximum Gasteiger partial charge on any atom is 0.311 e. The van der Waals surface area contributed by atoms with Crippen molar-refractivity contribution in [1.82, 2.24) is 4.98 Å². The van der Waals surface area contributed by atoms with Crippen LogP contribution in [-0.4, -0.2) is 43.4 Å². The molecule has 1 rings (SSSR count). The van der Waals surface area contributed by atoms with Gasteiger partial charge >= 0.3 is 5.69 Å². The predicted octanol–water partition coefficient (Wildman–Crippen LogP) is 1.83. The van der Waals surface area contributed by atoms with Crippen molar-refractivity contribution in [3.63, 3.8) is 0 Å². The molecule has 0 spiro atoms. The Morgan fingerprint density at radius 1 is 1.56 bits per heavy atom. The van der Waals surface area contributed by atoms with E-state index in [1.165, 1.54) is 12.4 Å². The van der Waals surface area contributed by atoms with Crippen molar-refractivity contribution in [3.8, 4) is 0 Å². The van der Waals surface area contributed by atoms with Crippen LogP contribution in [0.4, 0.5) is 11.4 Å². The van der Waals surface area contributed by atoms with E-state index in [2.05, 4.69) is 26.2 Å². The molecule has 0 amide bonds. The van der Waals surface area contributed by atoms with Crippen molar-refractivity contribution in [2.75, 3.05) is 32.7 Å². The quantitative estimate of drug-likeness (QED) is 0.609. The lowest BCUT2D eigenvalue weighted by Crippen LogP contribution is -2.27. The fraction of sp³-hybridized carbons (Fsp3) is 0.500. The second-order valence-electron chi connectivity index (χ2n) is 3.47. The Hall–Kier alpha value is -1.25. The van der Waals surface area contributed by atoms with E-state index in [0.717, 1.165) is 0 Å². The van der Waals surface area contributed by atoms with Gasteiger partial charge in [0.25, 0.3) is 0 Å². The van der Waals surface area contributed by atoms with Crippen LogP contribution in [0, 0.1) is 10.1 Å². The van der Waals surface area contributed by atoms with Gasteiger partial charge in [-0.1, -0.05) is 0 Å². The molecule has 1 aromatic rings. The fourth-order valence-corrected chi connectivity index (χ4v) is 1.81. The molecule has 0 radical (unpaired) electrons. The summed E-state index contributed by atoms with van der Waals surface area (Å²) in [6.45, 7) is 0.799. The molecule has 0 aromatic carbocycles. The number of hydrogen-bond donors (Lipinski definition) is 1. The zero-order chi connectivity index (χ0) is 13.5. The van der Waals surface area contributed by atoms with E-state index in [1.54, 1.807) is 14.2 Å². The van der Waals surface area contributed by atoms with Crippen LogP contribution in [-0.2, 0) is 9.47 Å². The summed E-state index contributed by atoms with van der Waals surface area (Å²) in [5.74, 6) is 0. The number of ether oxygens (including phenoxy) is 2. The molecule has 1 atom stereocenters. The first-order valence-corrected chi connectivity index (χ1v) is 5.93. The van der Waals surface area contributed by atoms with Crippen molar-refractivity contribution in [2.24, 2.45) is 0 Å². The number of anilines is 1. The summed E-state index contributed by atoms with van der Waals surface area (Å²) in [6, 6.07) is 0. The van der Waals surface area contributed by atoms with Gasteiger partial charge in [0.1, 0.15) is 11.9 Å². The zero-order valence-electron chi connectivity index (χ0n) is 10.1. The molecule has 1 N–H and O–H groups in total. The van der Waals surface area contributed by atoms with E-state index in [1.807, 2.05) is 0 Å². The number of halogens is 1. The van der Waals surface area contributed by atoms with E-state index in [-0.39, 0.29) is 11.8 Å². The molecule has 1 aromatic heterocycles. The Morgan fingerprint density at radius 2 is 2.28 bits per heavy atom. The molecular weight excluding hydrogens is 306 g/mol. The van der Waals surface area contributed by atoms with Crippen LogP contribution in [0.3, 0.4) is 0 Å². The first kappa shape index (κ1) is 14.8. The van der Waals surface area contributed by atoms with Crippen LogP contribution < -0.4 is 5.32 Å². The van der Waals surface area contributed by atoms with E-state index in [9.17, 15) is 10.1 Å². The first-order chi connectivity index (χ1) is 8.60. The summed E-state index contributed by atoms with van der Waals surface area (Å²) in [7, 11) is 3.12. The third-order valence-electron chi connectivity index (χ3n) is 2.27. The fourth-order valence-electron chi connectivity index (χ4n) is 1.35. The summed E-state index contributed by atoms with van der Waals surface area (Å²) >= 11 is 3.22. The van der Waals surface area contributed by atoms with Crippen molar-refractivity contribution in [2.45, 2.75) is 6.10 Å². The number of hydrogen-bond acceptors (Lipinski definition) is 6. The Balaban J connectivity index is 2.80. The lowest BCUT2D eigenvalue weighted by Gasteiger charge is -2.16. The molecule has 7 nitrogen and oxygen atoms in total. The summed E-state index contributed by atoms with van der Waals surface area (Å²) in [5, 5.41) is 13.8. The summed E-state index contributed by atoms with van der Waals surface area (Å²) in [4.78, 5) is 14.1. The lowest BCUT2D eigenvalue weighted by atomic mass is 10.3. The maximum atomic E-state index is 10.9. The number of rotatable bonds is 7. The van der Waals surface area contributed by atoms with Crippen LogP contribution in [0.1, 0.15) is 0 Å². The Kier molecular flexibility index (Phi) is 5.96.